The predicted octanol–water partition coefficient (Wildman–Crippen LogP) is 13.3. The molecule has 10 rings (SSSR count). The molecule has 2 atom stereocenters. The summed E-state index contributed by atoms with van der Waals surface area (Å²) in [6, 6.07) is 28.0. The van der Waals surface area contributed by atoms with Gasteiger partial charge in [-0.3, -0.25) is 19.2 Å². The molecule has 6 heterocycles. The molecule has 4 aliphatic heterocycles. The topological polar surface area (TPSA) is 130 Å². The summed E-state index contributed by atoms with van der Waals surface area (Å²) in [6.45, 7) is 21.9. The van der Waals surface area contributed by atoms with E-state index in [2.05, 4.69) is 116 Å². The van der Waals surface area contributed by atoms with E-state index in [-0.39, 0.29) is 24.5 Å². The third-order valence-electron chi connectivity index (χ3n) is 15.7. The zero-order valence-corrected chi connectivity index (χ0v) is 48.6. The molecule has 4 fully saturated rings. The number of halogens is 7. The van der Waals surface area contributed by atoms with E-state index in [4.69, 9.17) is 23.2 Å². The molecule has 0 radical (unpaired) electrons. The van der Waals surface area contributed by atoms with E-state index in [0.717, 1.165) is 137 Å². The van der Waals surface area contributed by atoms with Crippen molar-refractivity contribution >= 4 is 70.3 Å². The number of aromatic nitrogens is 4. The molecule has 436 valence electrons. The molecule has 81 heavy (non-hydrogen) atoms. The number of carboxylic acids is 2. The summed E-state index contributed by atoms with van der Waals surface area (Å²) >= 11 is 12.9. The quantitative estimate of drug-likeness (QED) is 0.0895. The van der Waals surface area contributed by atoms with E-state index >= 15 is 0 Å². The van der Waals surface area contributed by atoms with Crippen molar-refractivity contribution in [1.29, 1.82) is 0 Å². The molecule has 0 amide bonds. The van der Waals surface area contributed by atoms with Gasteiger partial charge in [0.2, 0.25) is 0 Å². The van der Waals surface area contributed by atoms with Gasteiger partial charge in [0.15, 0.2) is 0 Å². The minimum atomic E-state index is -2.93. The smallest absolute Gasteiger partial charge is 0.339 e. The average molecular weight is 1180 g/mol. The average Bonchev–Trinajstić information content (AvgIpc) is 4.22. The number of alkyl halides is 4. The lowest BCUT2D eigenvalue weighted by molar-refractivity contribution is 0.0672. The number of hydrogen-bond acceptors (Lipinski definition) is 10. The molecule has 14 nitrogen and oxygen atoms in total. The Balaban J connectivity index is 0.000000210. The Bertz CT molecular complexity index is 2850. The molecular weight excluding hydrogens is 1110 g/mol. The minimum Gasteiger partial charge on any atom is -0.478 e. The molecule has 0 saturated carbocycles. The van der Waals surface area contributed by atoms with Crippen LogP contribution in [0.4, 0.5) is 40.3 Å². The number of rotatable bonds is 16. The molecule has 4 aromatic carbocycles. The van der Waals surface area contributed by atoms with Gasteiger partial charge in [-0.05, 0) is 97.2 Å². The van der Waals surface area contributed by atoms with Crippen molar-refractivity contribution in [3.63, 3.8) is 0 Å². The molecule has 2 aromatic heterocycles. The van der Waals surface area contributed by atoms with Crippen molar-refractivity contribution in [2.24, 2.45) is 11.8 Å². The molecule has 6 aromatic rings. The number of anilines is 4. The summed E-state index contributed by atoms with van der Waals surface area (Å²) in [6.07, 6.45) is -1.03. The maximum atomic E-state index is 13.9. The number of carbonyl (C=O) groups is 2. The number of benzene rings is 4. The Morgan fingerprint density at radius 1 is 0.531 bits per heavy atom. The van der Waals surface area contributed by atoms with Crippen molar-refractivity contribution in [3.8, 4) is 22.3 Å². The summed E-state index contributed by atoms with van der Waals surface area (Å²) < 4.78 is 57.9. The van der Waals surface area contributed by atoms with Crippen molar-refractivity contribution in [2.45, 2.75) is 78.3 Å². The SMILES string of the molecule is CC(C)CN1CCN(c2ccc(-c3ccc(Cl)cc3N3CCC[C@@H](n4ncc(C(=O)O)c4C(F)F)C3)cc2)CC1.CC(C)CN1CCN(c2ccc(-c3ccc(Cl)cc3N3CCC[C@@H](n4ncc(C(=O)O)c4C(F)F)C3)cc2)CC1.Cl. The first-order valence-electron chi connectivity index (χ1n) is 27.8. The highest BCUT2D eigenvalue weighted by molar-refractivity contribution is 6.31. The summed E-state index contributed by atoms with van der Waals surface area (Å²) in [7, 11) is 0. The Morgan fingerprint density at radius 3 is 1.21 bits per heavy atom. The maximum Gasteiger partial charge on any atom is 0.339 e. The zero-order valence-electron chi connectivity index (χ0n) is 46.3. The van der Waals surface area contributed by atoms with Gasteiger partial charge in [-0.2, -0.15) is 10.2 Å². The van der Waals surface area contributed by atoms with Crippen LogP contribution < -0.4 is 19.6 Å². The van der Waals surface area contributed by atoms with Gasteiger partial charge in [-0.25, -0.2) is 27.2 Å². The first kappa shape index (κ1) is 61.0. The number of piperidine rings is 2. The summed E-state index contributed by atoms with van der Waals surface area (Å²) in [4.78, 5) is 37.2. The van der Waals surface area contributed by atoms with Crippen LogP contribution in [0, 0.1) is 11.8 Å². The van der Waals surface area contributed by atoms with Crippen LogP contribution in [-0.4, -0.2) is 143 Å². The largest absolute Gasteiger partial charge is 0.478 e. The third-order valence-corrected chi connectivity index (χ3v) is 16.2. The van der Waals surface area contributed by atoms with Crippen LogP contribution in [-0.2, 0) is 0 Å². The van der Waals surface area contributed by atoms with E-state index in [1.54, 1.807) is 0 Å². The highest BCUT2D eigenvalue weighted by Crippen LogP contribution is 2.41. The zero-order chi connectivity index (χ0) is 56.8. The fourth-order valence-electron chi connectivity index (χ4n) is 12.0. The monoisotopic (exact) mass is 1180 g/mol. The Morgan fingerprint density at radius 2 is 0.889 bits per heavy atom. The first-order chi connectivity index (χ1) is 38.4. The van der Waals surface area contributed by atoms with Gasteiger partial charge in [0, 0.05) is 136 Å². The highest BCUT2D eigenvalue weighted by Gasteiger charge is 2.34. The molecule has 0 aliphatic carbocycles. The molecule has 21 heteroatoms. The molecule has 0 unspecified atom stereocenters. The second-order valence-electron chi connectivity index (χ2n) is 22.3. The van der Waals surface area contributed by atoms with E-state index < -0.39 is 47.3 Å². The number of piperazine rings is 2. The van der Waals surface area contributed by atoms with Gasteiger partial charge in [0.1, 0.15) is 22.5 Å². The third kappa shape index (κ3) is 14.6. The first-order valence-corrected chi connectivity index (χ1v) is 28.6. The van der Waals surface area contributed by atoms with E-state index in [1.165, 1.54) is 20.7 Å². The van der Waals surface area contributed by atoms with Crippen LogP contribution in [0.25, 0.3) is 22.3 Å². The lowest BCUT2D eigenvalue weighted by Gasteiger charge is -2.37. The minimum absolute atomic E-state index is 0. The van der Waals surface area contributed by atoms with Gasteiger partial charge < -0.3 is 29.8 Å². The summed E-state index contributed by atoms with van der Waals surface area (Å²) in [5, 5.41) is 28.1. The van der Waals surface area contributed by atoms with Gasteiger partial charge in [0.25, 0.3) is 12.9 Å². The number of aromatic carboxylic acids is 2. The Hall–Kier alpha value is -6.05. The van der Waals surface area contributed by atoms with Crippen LogP contribution in [0.1, 0.15) is 110 Å². The fourth-order valence-corrected chi connectivity index (χ4v) is 12.3. The second kappa shape index (κ2) is 27.4. The van der Waals surface area contributed by atoms with Crippen LogP contribution in [0.3, 0.4) is 0 Å². The molecule has 0 bridgehead atoms. The molecule has 0 spiro atoms. The Kier molecular flexibility index (Phi) is 20.6. The van der Waals surface area contributed by atoms with Crippen LogP contribution in [0.15, 0.2) is 97.3 Å². The number of carboxylic acid groups (broad SMARTS) is 2. The van der Waals surface area contributed by atoms with Gasteiger partial charge in [-0.1, -0.05) is 87.3 Å². The number of hydrogen-bond donors (Lipinski definition) is 2. The lowest BCUT2D eigenvalue weighted by atomic mass is 9.99. The van der Waals surface area contributed by atoms with Crippen LogP contribution >= 0.6 is 35.6 Å². The molecular formula is C60H73Cl3F4N10O4. The summed E-state index contributed by atoms with van der Waals surface area (Å²) in [5.41, 5.74) is 6.42. The maximum absolute atomic E-state index is 13.9. The lowest BCUT2D eigenvalue weighted by Crippen LogP contribution is -2.47. The molecule has 2 N–H and O–H groups in total. The highest BCUT2D eigenvalue weighted by atomic mass is 35.5. The number of nitrogens with zero attached hydrogens (tertiary/aromatic N) is 10. The van der Waals surface area contributed by atoms with E-state index in [1.807, 2.05) is 36.4 Å². The van der Waals surface area contributed by atoms with Crippen LogP contribution in [0.5, 0.6) is 0 Å². The Labute approximate surface area is 488 Å². The van der Waals surface area contributed by atoms with E-state index in [0.29, 0.717) is 47.8 Å². The van der Waals surface area contributed by atoms with Crippen LogP contribution in [0.2, 0.25) is 10.0 Å². The van der Waals surface area contributed by atoms with Gasteiger partial charge in [-0.15, -0.1) is 12.4 Å². The standard InChI is InChI=1S/2C30H36ClF2N5O2.ClH/c2*1-20(2)18-35-12-14-36(15-13-35)23-8-5-21(6-9-23)25-10-7-22(31)16-27(25)37-11-3-4-24(19-37)38-28(29(32)33)26(17-34-38)30(39)40;/h2*5-10,16-17,20,24,29H,3-4,11-15,18-19H2,1-2H3,(H,39,40);1H/t2*24-;/m11./s1. The fraction of sp³-hybridized carbons (Fsp3) is 0.467. The predicted molar refractivity (Wildman–Crippen MR) is 317 cm³/mol. The van der Waals surface area contributed by atoms with Crippen molar-refractivity contribution in [3.05, 3.63) is 130 Å². The van der Waals surface area contributed by atoms with E-state index in [9.17, 15) is 37.4 Å². The second-order valence-corrected chi connectivity index (χ2v) is 23.1. The molecule has 4 aliphatic rings. The van der Waals surface area contributed by atoms with Crippen molar-refractivity contribution < 1.29 is 37.4 Å². The van der Waals surface area contributed by atoms with Gasteiger partial charge >= 0.3 is 11.9 Å². The van der Waals surface area contributed by atoms with Crippen molar-refractivity contribution in [1.82, 2.24) is 29.4 Å². The molecule has 4 saturated heterocycles. The van der Waals surface area contributed by atoms with Gasteiger partial charge in [0.05, 0.1) is 24.5 Å². The van der Waals surface area contributed by atoms with Crippen molar-refractivity contribution in [2.75, 3.05) is 111 Å². The normalized spacial score (nSPS) is 18.4. The summed E-state index contributed by atoms with van der Waals surface area (Å²) in [5.74, 6) is -1.45.